The SMILES string of the molecule is O=C1OC(c2ccc(Cl)c(Cl)c2)=NC1=Cc1ccc(C(=O)O)cc1. The van der Waals surface area contributed by atoms with Gasteiger partial charge in [0.25, 0.3) is 0 Å². The zero-order chi connectivity index (χ0) is 17.3. The maximum Gasteiger partial charge on any atom is 0.363 e. The van der Waals surface area contributed by atoms with Crippen molar-refractivity contribution < 1.29 is 19.4 Å². The molecule has 0 spiro atoms. The van der Waals surface area contributed by atoms with Crippen molar-refractivity contribution in [3.05, 3.63) is 74.9 Å². The number of carboxylic acid groups (broad SMARTS) is 1. The molecule has 1 heterocycles. The number of carbonyl (C=O) groups is 2. The second kappa shape index (κ2) is 6.47. The summed E-state index contributed by atoms with van der Waals surface area (Å²) in [5.74, 6) is -1.49. The quantitative estimate of drug-likeness (QED) is 0.661. The van der Waals surface area contributed by atoms with Gasteiger partial charge in [-0.1, -0.05) is 35.3 Å². The van der Waals surface area contributed by atoms with Crippen LogP contribution in [0.15, 0.2) is 53.2 Å². The van der Waals surface area contributed by atoms with Gasteiger partial charge in [0, 0.05) is 5.56 Å². The smallest absolute Gasteiger partial charge is 0.363 e. The van der Waals surface area contributed by atoms with E-state index in [-0.39, 0.29) is 17.2 Å². The molecular weight excluding hydrogens is 353 g/mol. The Labute approximate surface area is 146 Å². The first-order valence-electron chi connectivity index (χ1n) is 6.75. The molecule has 1 aliphatic rings. The number of benzene rings is 2. The average Bonchev–Trinajstić information content (AvgIpc) is 2.91. The van der Waals surface area contributed by atoms with Crippen molar-refractivity contribution in [3.63, 3.8) is 0 Å². The maximum absolute atomic E-state index is 11.9. The van der Waals surface area contributed by atoms with Gasteiger partial charge in [0.2, 0.25) is 5.90 Å². The third-order valence-electron chi connectivity index (χ3n) is 3.25. The van der Waals surface area contributed by atoms with Crippen LogP contribution in [0.3, 0.4) is 0 Å². The first kappa shape index (κ1) is 16.2. The van der Waals surface area contributed by atoms with E-state index in [2.05, 4.69) is 4.99 Å². The molecule has 0 radical (unpaired) electrons. The molecule has 0 fully saturated rings. The standard InChI is InChI=1S/C17H9Cl2NO4/c18-12-6-5-11(8-13(12)19)15-20-14(17(23)24-15)7-9-1-3-10(4-2-9)16(21)22/h1-8H,(H,21,22). The van der Waals surface area contributed by atoms with E-state index in [1.165, 1.54) is 18.2 Å². The lowest BCUT2D eigenvalue weighted by Gasteiger charge is -2.01. The number of aromatic carboxylic acids is 1. The number of hydrogen-bond acceptors (Lipinski definition) is 4. The van der Waals surface area contributed by atoms with Crippen LogP contribution in [0.4, 0.5) is 0 Å². The van der Waals surface area contributed by atoms with E-state index in [1.54, 1.807) is 30.3 Å². The summed E-state index contributed by atoms with van der Waals surface area (Å²) in [7, 11) is 0. The van der Waals surface area contributed by atoms with E-state index < -0.39 is 11.9 Å². The molecule has 24 heavy (non-hydrogen) atoms. The summed E-state index contributed by atoms with van der Waals surface area (Å²) in [5.41, 5.74) is 1.43. The minimum Gasteiger partial charge on any atom is -0.478 e. The van der Waals surface area contributed by atoms with E-state index in [4.69, 9.17) is 33.0 Å². The maximum atomic E-state index is 11.9. The molecular formula is C17H9Cl2NO4. The van der Waals surface area contributed by atoms with Gasteiger partial charge in [0.05, 0.1) is 15.6 Å². The van der Waals surface area contributed by atoms with Crippen LogP contribution in [-0.4, -0.2) is 22.9 Å². The van der Waals surface area contributed by atoms with Crippen LogP contribution in [0, 0.1) is 0 Å². The highest BCUT2D eigenvalue weighted by atomic mass is 35.5. The Kier molecular flexibility index (Phi) is 4.38. The van der Waals surface area contributed by atoms with E-state index in [0.717, 1.165) is 0 Å². The van der Waals surface area contributed by atoms with Gasteiger partial charge in [-0.2, -0.15) is 0 Å². The molecule has 0 saturated carbocycles. The van der Waals surface area contributed by atoms with Gasteiger partial charge < -0.3 is 9.84 Å². The van der Waals surface area contributed by atoms with E-state index >= 15 is 0 Å². The number of cyclic esters (lactones) is 1. The van der Waals surface area contributed by atoms with Crippen molar-refractivity contribution in [1.29, 1.82) is 0 Å². The second-order valence-electron chi connectivity index (χ2n) is 4.89. The van der Waals surface area contributed by atoms with Crippen LogP contribution in [0.1, 0.15) is 21.5 Å². The summed E-state index contributed by atoms with van der Waals surface area (Å²) in [4.78, 5) is 26.9. The number of rotatable bonds is 3. The van der Waals surface area contributed by atoms with E-state index in [9.17, 15) is 9.59 Å². The Morgan fingerprint density at radius 3 is 2.42 bits per heavy atom. The number of halogens is 2. The molecule has 5 nitrogen and oxygen atoms in total. The van der Waals surface area contributed by atoms with Crippen molar-refractivity contribution in [2.45, 2.75) is 0 Å². The molecule has 0 saturated heterocycles. The van der Waals surface area contributed by atoms with Crippen molar-refractivity contribution in [3.8, 4) is 0 Å². The van der Waals surface area contributed by atoms with Crippen LogP contribution in [0.2, 0.25) is 10.0 Å². The monoisotopic (exact) mass is 361 g/mol. The minimum absolute atomic E-state index is 0.110. The normalized spacial score (nSPS) is 15.3. The summed E-state index contributed by atoms with van der Waals surface area (Å²) in [6.07, 6.45) is 1.51. The highest BCUT2D eigenvalue weighted by molar-refractivity contribution is 6.42. The molecule has 2 aromatic carbocycles. The van der Waals surface area contributed by atoms with E-state index in [1.807, 2.05) is 0 Å². The predicted octanol–water partition coefficient (Wildman–Crippen LogP) is 4.04. The Morgan fingerprint density at radius 2 is 1.79 bits per heavy atom. The molecule has 1 N–H and O–H groups in total. The number of esters is 1. The molecule has 0 unspecified atom stereocenters. The zero-order valence-electron chi connectivity index (χ0n) is 12.0. The Hall–Kier alpha value is -2.63. The summed E-state index contributed by atoms with van der Waals surface area (Å²) in [6, 6.07) is 10.8. The van der Waals surface area contributed by atoms with Gasteiger partial charge in [-0.3, -0.25) is 0 Å². The third kappa shape index (κ3) is 3.32. The lowest BCUT2D eigenvalue weighted by molar-refractivity contribution is -0.129. The fraction of sp³-hybridized carbons (Fsp3) is 0. The molecule has 7 heteroatoms. The summed E-state index contributed by atoms with van der Waals surface area (Å²) >= 11 is 11.8. The van der Waals surface area contributed by atoms with Crippen LogP contribution < -0.4 is 0 Å². The molecule has 0 amide bonds. The highest BCUT2D eigenvalue weighted by Crippen LogP contribution is 2.25. The first-order valence-corrected chi connectivity index (χ1v) is 7.51. The van der Waals surface area contributed by atoms with Gasteiger partial charge in [0.1, 0.15) is 0 Å². The third-order valence-corrected chi connectivity index (χ3v) is 3.99. The van der Waals surface area contributed by atoms with Crippen molar-refractivity contribution in [2.75, 3.05) is 0 Å². The highest BCUT2D eigenvalue weighted by Gasteiger charge is 2.24. The molecule has 120 valence electrons. The summed E-state index contributed by atoms with van der Waals surface area (Å²) < 4.78 is 5.14. The number of hydrogen-bond donors (Lipinski definition) is 1. The fourth-order valence-electron chi connectivity index (χ4n) is 2.04. The summed E-state index contributed by atoms with van der Waals surface area (Å²) in [6.45, 7) is 0. The van der Waals surface area contributed by atoms with Gasteiger partial charge in [-0.05, 0) is 42.0 Å². The van der Waals surface area contributed by atoms with Crippen molar-refractivity contribution >= 4 is 47.1 Å². The fourth-order valence-corrected chi connectivity index (χ4v) is 2.34. The van der Waals surface area contributed by atoms with Gasteiger partial charge in [0.15, 0.2) is 5.70 Å². The number of ether oxygens (including phenoxy) is 1. The molecule has 0 bridgehead atoms. The number of nitrogens with zero attached hydrogens (tertiary/aromatic N) is 1. The lowest BCUT2D eigenvalue weighted by atomic mass is 10.1. The minimum atomic E-state index is -1.02. The van der Waals surface area contributed by atoms with Crippen LogP contribution >= 0.6 is 23.2 Å². The van der Waals surface area contributed by atoms with Crippen LogP contribution in [0.25, 0.3) is 6.08 Å². The summed E-state index contributed by atoms with van der Waals surface area (Å²) in [5, 5.41) is 9.59. The lowest BCUT2D eigenvalue weighted by Crippen LogP contribution is -2.05. The van der Waals surface area contributed by atoms with Gasteiger partial charge in [-0.15, -0.1) is 0 Å². The van der Waals surface area contributed by atoms with Crippen LogP contribution in [0.5, 0.6) is 0 Å². The van der Waals surface area contributed by atoms with Crippen LogP contribution in [-0.2, 0) is 9.53 Å². The number of aliphatic imine (C=N–C) groups is 1. The second-order valence-corrected chi connectivity index (χ2v) is 5.71. The van der Waals surface area contributed by atoms with Gasteiger partial charge in [-0.25, -0.2) is 14.6 Å². The molecule has 1 aliphatic heterocycles. The Balaban J connectivity index is 1.90. The predicted molar refractivity (Wildman–Crippen MR) is 90.5 cm³/mol. The molecule has 0 atom stereocenters. The molecule has 0 aromatic heterocycles. The van der Waals surface area contributed by atoms with Gasteiger partial charge >= 0.3 is 11.9 Å². The van der Waals surface area contributed by atoms with E-state index in [0.29, 0.717) is 21.2 Å². The number of carboxylic acids is 1. The zero-order valence-corrected chi connectivity index (χ0v) is 13.5. The molecule has 2 aromatic rings. The van der Waals surface area contributed by atoms with Crippen molar-refractivity contribution in [2.24, 2.45) is 4.99 Å². The Bertz CT molecular complexity index is 901. The average molecular weight is 362 g/mol. The first-order chi connectivity index (χ1) is 11.4. The largest absolute Gasteiger partial charge is 0.478 e. The molecule has 0 aliphatic carbocycles. The number of carbonyl (C=O) groups excluding carboxylic acids is 1. The topological polar surface area (TPSA) is 76.0 Å². The van der Waals surface area contributed by atoms with Crippen molar-refractivity contribution in [1.82, 2.24) is 0 Å². The molecule has 3 rings (SSSR count). The Morgan fingerprint density at radius 1 is 1.08 bits per heavy atom.